The van der Waals surface area contributed by atoms with E-state index in [9.17, 15) is 0 Å². The van der Waals surface area contributed by atoms with E-state index in [1.165, 1.54) is 5.40 Å². The van der Waals surface area contributed by atoms with Crippen molar-refractivity contribution in [1.29, 1.82) is 5.26 Å². The van der Waals surface area contributed by atoms with Gasteiger partial charge in [-0.2, -0.15) is 0 Å². The van der Waals surface area contributed by atoms with Crippen molar-refractivity contribution < 1.29 is 22.4 Å². The van der Waals surface area contributed by atoms with Gasteiger partial charge >= 0.3 is 22.4 Å². The molecule has 6 heteroatoms. The quantitative estimate of drug-likeness (QED) is 0.211. The van der Waals surface area contributed by atoms with E-state index < -0.39 is 0 Å². The second-order valence-corrected chi connectivity index (χ2v) is 1.15. The van der Waals surface area contributed by atoms with E-state index in [1.54, 1.807) is 0 Å². The van der Waals surface area contributed by atoms with E-state index in [0.29, 0.717) is 0 Å². The normalized spacial score (nSPS) is 3.10. The summed E-state index contributed by atoms with van der Waals surface area (Å²) in [5, 5.41) is 8.47. The Kier molecular flexibility index (Phi) is 113. The molecule has 0 aromatic heterocycles. The van der Waals surface area contributed by atoms with Crippen LogP contribution in [0.25, 0.3) is 0 Å². The van der Waals surface area contributed by atoms with Crippen molar-refractivity contribution in [3.8, 4) is 5.40 Å². The van der Waals surface area contributed by atoms with E-state index in [1.807, 2.05) is 0 Å². The molecule has 0 radical (unpaired) electrons. The zero-order valence-electron chi connectivity index (χ0n) is 5.72. The van der Waals surface area contributed by atoms with Gasteiger partial charge in [0.1, 0.15) is 0 Å². The molecule has 0 atom stereocenters. The van der Waals surface area contributed by atoms with E-state index in [4.69, 9.17) is 5.26 Å². The molecule has 0 heterocycles. The number of rotatable bonds is 0. The number of nitrogens with zero attached hydrogens (tertiary/aromatic N) is 1. The van der Waals surface area contributed by atoms with Crippen molar-refractivity contribution in [3.63, 3.8) is 0 Å². The summed E-state index contributed by atoms with van der Waals surface area (Å²) in [6, 6.07) is 0. The molecule has 0 spiro atoms. The fourth-order valence-electron chi connectivity index (χ4n) is 0. The van der Waals surface area contributed by atoms with Gasteiger partial charge in [0.2, 0.25) is 0 Å². The van der Waals surface area contributed by atoms with Gasteiger partial charge in [-0.15, -0.1) is 0 Å². The molecular weight excluding hydrogens is 351 g/mol. The maximum atomic E-state index is 7.13. The third-order valence-electron chi connectivity index (χ3n) is 0. The van der Waals surface area contributed by atoms with Gasteiger partial charge in [0, 0.05) is 0 Å². The van der Waals surface area contributed by atoms with E-state index >= 15 is 0 Å². The van der Waals surface area contributed by atoms with Crippen LogP contribution in [-0.2, 0) is 35.0 Å². The summed E-state index contributed by atoms with van der Waals surface area (Å²) in [4.78, 5) is 0. The Morgan fingerprint density at radius 3 is 1.40 bits per heavy atom. The number of thiocarbonyl (C=S) groups is 1. The van der Waals surface area contributed by atoms with Crippen LogP contribution < -0.4 is 11.5 Å². The van der Waals surface area contributed by atoms with Crippen molar-refractivity contribution in [2.75, 3.05) is 0 Å². The molecule has 0 fully saturated rings. The first-order valence-electron chi connectivity index (χ1n) is 1.21. The molecule has 0 unspecified atom stereocenters. The Hall–Kier alpha value is 0.140. The van der Waals surface area contributed by atoms with Gasteiger partial charge in [-0.1, -0.05) is 5.40 Å². The van der Waals surface area contributed by atoms with Crippen LogP contribution in [0.1, 0.15) is 0 Å². The van der Waals surface area contributed by atoms with Crippen LogP contribution in [0.3, 0.4) is 0 Å². The minimum absolute atomic E-state index is 0. The molecule has 0 aliphatic carbocycles. The van der Waals surface area contributed by atoms with E-state index in [-0.39, 0.29) is 42.3 Å². The largest absolute Gasteiger partial charge is 3.00 e. The Morgan fingerprint density at radius 2 is 1.40 bits per heavy atom. The summed E-state index contributed by atoms with van der Waals surface area (Å²) in [7, 11) is 0. The second-order valence-electron chi connectivity index (χ2n) is 0.494. The SMILES string of the molecule is N#C[S-].NC(N)=S.[Au+3].[CH3-].[CH3-]. The standard InChI is InChI=1S/CH4N2S.CHNS.2CH3.Au/c2-1(3)4;2-1-3;;;/h(H4,2,3,4);3H;2*1H3;/q;;2*-1;+3/p-1. The summed E-state index contributed by atoms with van der Waals surface area (Å²) < 4.78 is 0. The molecule has 0 aromatic rings. The molecule has 10 heavy (non-hydrogen) atoms. The van der Waals surface area contributed by atoms with Crippen LogP contribution >= 0.6 is 12.2 Å². The molecule has 0 rings (SSSR count). The number of hydrogen-bond donors (Lipinski definition) is 2. The molecule has 0 bridgehead atoms. The summed E-state index contributed by atoms with van der Waals surface area (Å²) in [6.07, 6.45) is 0. The van der Waals surface area contributed by atoms with Gasteiger partial charge < -0.3 is 38.9 Å². The molecule has 0 aromatic carbocycles. The Labute approximate surface area is 89.1 Å². The van der Waals surface area contributed by atoms with E-state index in [2.05, 4.69) is 36.3 Å². The zero-order chi connectivity index (χ0) is 6.28. The molecule has 0 amide bonds. The van der Waals surface area contributed by atoms with Crippen LogP contribution in [0, 0.1) is 25.5 Å². The van der Waals surface area contributed by atoms with E-state index in [0.717, 1.165) is 0 Å². The first kappa shape index (κ1) is 32.1. The third kappa shape index (κ3) is 21100. The number of nitrogens with two attached hydrogens (primary N) is 2. The van der Waals surface area contributed by atoms with Crippen molar-refractivity contribution >= 4 is 30.0 Å². The average molecular weight is 361 g/mol. The van der Waals surface area contributed by atoms with Crippen molar-refractivity contribution in [2.24, 2.45) is 11.5 Å². The monoisotopic (exact) mass is 361 g/mol. The first-order valence-corrected chi connectivity index (χ1v) is 2.03. The minimum Gasteiger partial charge on any atom is -0.696 e. The first-order chi connectivity index (χ1) is 3.15. The maximum absolute atomic E-state index is 7.13. The van der Waals surface area contributed by atoms with Gasteiger partial charge in [-0.3, -0.25) is 0 Å². The van der Waals surface area contributed by atoms with Gasteiger partial charge in [-0.25, -0.2) is 5.26 Å². The average Bonchev–Trinajstić information content (AvgIpc) is 1.33. The predicted molar refractivity (Wildman–Crippen MR) is 46.8 cm³/mol. The second kappa shape index (κ2) is 35.3. The van der Waals surface area contributed by atoms with Crippen molar-refractivity contribution in [3.05, 3.63) is 14.9 Å². The molecule has 0 saturated carbocycles. The molecule has 3 nitrogen and oxygen atoms in total. The fraction of sp³-hybridized carbons (Fsp3) is 0. The van der Waals surface area contributed by atoms with Gasteiger partial charge in [0.25, 0.3) is 0 Å². The van der Waals surface area contributed by atoms with Crippen LogP contribution in [0.2, 0.25) is 0 Å². The fourth-order valence-corrected chi connectivity index (χ4v) is 0. The van der Waals surface area contributed by atoms with Crippen LogP contribution in [0.5, 0.6) is 0 Å². The number of nitriles is 1. The minimum atomic E-state index is 0. The Morgan fingerprint density at radius 1 is 1.40 bits per heavy atom. The zero-order valence-corrected chi connectivity index (χ0v) is 9.52. The smallest absolute Gasteiger partial charge is 0.696 e. The van der Waals surface area contributed by atoms with Crippen LogP contribution in [0.4, 0.5) is 0 Å². The summed E-state index contributed by atoms with van der Waals surface area (Å²) >= 11 is 7.79. The summed E-state index contributed by atoms with van der Waals surface area (Å²) in [5.41, 5.74) is 9.24. The van der Waals surface area contributed by atoms with Gasteiger partial charge in [0.05, 0.1) is 0 Å². The topological polar surface area (TPSA) is 75.8 Å². The molecule has 0 aliphatic rings. The Balaban J connectivity index is -0.0000000131. The molecule has 0 saturated heterocycles. The van der Waals surface area contributed by atoms with Crippen molar-refractivity contribution in [1.82, 2.24) is 0 Å². The van der Waals surface area contributed by atoms with Crippen LogP contribution in [-0.4, -0.2) is 5.11 Å². The maximum Gasteiger partial charge on any atom is 3.00 e. The molecule has 0 aliphatic heterocycles. The number of thiocyanates is 1. The number of hydrogen-bond acceptors (Lipinski definition) is 3. The summed E-state index contributed by atoms with van der Waals surface area (Å²) in [6.45, 7) is 0. The summed E-state index contributed by atoms with van der Waals surface area (Å²) in [5.74, 6) is 0. The van der Waals surface area contributed by atoms with Gasteiger partial charge in [-0.05, 0) is 12.2 Å². The molecular formula is C4H10AuN3S2. The van der Waals surface area contributed by atoms with Crippen molar-refractivity contribution in [2.45, 2.75) is 0 Å². The Bertz CT molecular complexity index is 87.0. The van der Waals surface area contributed by atoms with Crippen LogP contribution in [0.15, 0.2) is 0 Å². The predicted octanol–water partition coefficient (Wildman–Crippen LogP) is 0.101. The van der Waals surface area contributed by atoms with Gasteiger partial charge in [0.15, 0.2) is 5.11 Å². The molecule has 4 N–H and O–H groups in total. The third-order valence-corrected chi connectivity index (χ3v) is 0. The molecule has 64 valence electrons.